The molecule has 0 saturated heterocycles. The van der Waals surface area contributed by atoms with Gasteiger partial charge in [-0.3, -0.25) is 0 Å². The number of aromatic nitrogens is 6. The third-order valence-electron chi connectivity index (χ3n) is 5.86. The fourth-order valence-electron chi connectivity index (χ4n) is 3.93. The van der Waals surface area contributed by atoms with E-state index >= 15 is 0 Å². The number of anilines is 2. The molecule has 2 aromatic heterocycles. The Morgan fingerprint density at radius 1 is 0.488 bits per heavy atom. The quantitative estimate of drug-likeness (QED) is 0.176. The van der Waals surface area contributed by atoms with E-state index in [-0.39, 0.29) is 23.4 Å². The van der Waals surface area contributed by atoms with E-state index in [0.29, 0.717) is 22.8 Å². The highest BCUT2D eigenvalue weighted by molar-refractivity contribution is 14.1. The molecule has 0 bridgehead atoms. The van der Waals surface area contributed by atoms with Gasteiger partial charge in [0.1, 0.15) is 34.3 Å². The van der Waals surface area contributed by atoms with Crippen LogP contribution in [0.2, 0.25) is 0 Å². The summed E-state index contributed by atoms with van der Waals surface area (Å²) in [6.07, 6.45) is 0. The van der Waals surface area contributed by atoms with E-state index < -0.39 is 0 Å². The van der Waals surface area contributed by atoms with Gasteiger partial charge in [-0.2, -0.15) is 0 Å². The molecule has 0 saturated carbocycles. The zero-order valence-electron chi connectivity index (χ0n) is 21.4. The SMILES string of the molecule is Nc1nnc(-c2ccc(O)c(I)c2)c(-c2ccccc2)n1.Nc1nnc(-c2ccc(O)cc2)c(-c2ccccc2)n1. The van der Waals surface area contributed by atoms with Gasteiger partial charge < -0.3 is 21.7 Å². The average molecular weight is 654 g/mol. The van der Waals surface area contributed by atoms with Crippen LogP contribution in [0.1, 0.15) is 0 Å². The molecule has 0 fully saturated rings. The maximum absolute atomic E-state index is 9.64. The zero-order valence-corrected chi connectivity index (χ0v) is 23.6. The van der Waals surface area contributed by atoms with E-state index in [4.69, 9.17) is 11.5 Å². The van der Waals surface area contributed by atoms with Gasteiger partial charge in [-0.25, -0.2) is 9.97 Å². The van der Waals surface area contributed by atoms with E-state index in [9.17, 15) is 10.2 Å². The van der Waals surface area contributed by atoms with Crippen molar-refractivity contribution >= 4 is 34.5 Å². The number of halogens is 1. The molecule has 41 heavy (non-hydrogen) atoms. The van der Waals surface area contributed by atoms with Gasteiger partial charge in [0.25, 0.3) is 0 Å². The van der Waals surface area contributed by atoms with Crippen molar-refractivity contribution in [1.29, 1.82) is 0 Å². The molecule has 10 nitrogen and oxygen atoms in total. The van der Waals surface area contributed by atoms with Crippen molar-refractivity contribution < 1.29 is 10.2 Å². The Hall–Kier alpha value is -5.17. The van der Waals surface area contributed by atoms with Crippen molar-refractivity contribution in [2.24, 2.45) is 0 Å². The molecule has 0 aliphatic rings. The maximum Gasteiger partial charge on any atom is 0.240 e. The standard InChI is InChI=1S/C15H11IN4O.C15H12N4O/c16-11-8-10(6-7-12(11)21)14-13(18-15(17)20-19-14)9-4-2-1-3-5-9;16-15-17-13(10-4-2-1-3-5-10)14(18-19-15)11-6-8-12(20)9-7-11/h1-8,21H,(H2,17,18,20);1-9,20H,(H2,16,17,19). The van der Waals surface area contributed by atoms with Crippen LogP contribution in [0.4, 0.5) is 11.9 Å². The number of hydrogen-bond acceptors (Lipinski definition) is 10. The van der Waals surface area contributed by atoms with Gasteiger partial charge >= 0.3 is 0 Å². The smallest absolute Gasteiger partial charge is 0.240 e. The van der Waals surface area contributed by atoms with Crippen LogP contribution in [0.5, 0.6) is 11.5 Å². The Morgan fingerprint density at radius 2 is 0.927 bits per heavy atom. The van der Waals surface area contributed by atoms with Crippen molar-refractivity contribution in [2.75, 3.05) is 11.5 Å². The van der Waals surface area contributed by atoms with Crippen LogP contribution in [0.15, 0.2) is 103 Å². The molecule has 0 spiro atoms. The Kier molecular flexibility index (Phi) is 8.25. The molecule has 4 aromatic carbocycles. The third kappa shape index (κ3) is 6.53. The van der Waals surface area contributed by atoms with Gasteiger partial charge in [0.05, 0.1) is 3.57 Å². The summed E-state index contributed by atoms with van der Waals surface area (Å²) in [6.45, 7) is 0. The van der Waals surface area contributed by atoms with E-state index in [1.807, 2.05) is 66.7 Å². The lowest BCUT2D eigenvalue weighted by molar-refractivity contribution is 0.471. The second-order valence-electron chi connectivity index (χ2n) is 8.68. The van der Waals surface area contributed by atoms with Crippen molar-refractivity contribution in [2.45, 2.75) is 0 Å². The second-order valence-corrected chi connectivity index (χ2v) is 9.84. The first kappa shape index (κ1) is 27.4. The summed E-state index contributed by atoms with van der Waals surface area (Å²) in [7, 11) is 0. The number of phenols is 2. The Labute approximate surface area is 249 Å². The van der Waals surface area contributed by atoms with Crippen LogP contribution in [0.25, 0.3) is 45.0 Å². The molecule has 0 aliphatic carbocycles. The number of benzene rings is 4. The molecule has 2 heterocycles. The fourth-order valence-corrected chi connectivity index (χ4v) is 4.45. The average Bonchev–Trinajstić information content (AvgIpc) is 3.00. The Balaban J connectivity index is 0.000000165. The summed E-state index contributed by atoms with van der Waals surface area (Å²) < 4.78 is 0.739. The molecule has 0 amide bonds. The number of nitrogens with two attached hydrogens (primary N) is 2. The van der Waals surface area contributed by atoms with E-state index in [0.717, 1.165) is 25.8 Å². The molecule has 11 heteroatoms. The summed E-state index contributed by atoms with van der Waals surface area (Å²) >= 11 is 2.07. The number of nitrogen functional groups attached to an aromatic ring is 2. The number of phenolic OH excluding ortho intramolecular Hbond substituents is 2. The van der Waals surface area contributed by atoms with E-state index in [2.05, 4.69) is 53.0 Å². The van der Waals surface area contributed by atoms with Crippen LogP contribution in [0, 0.1) is 3.57 Å². The first-order chi connectivity index (χ1) is 19.9. The summed E-state index contributed by atoms with van der Waals surface area (Å²) in [4.78, 5) is 8.59. The molecule has 0 atom stereocenters. The molecule has 0 radical (unpaired) electrons. The number of nitrogens with zero attached hydrogens (tertiary/aromatic N) is 6. The zero-order chi connectivity index (χ0) is 28.8. The van der Waals surface area contributed by atoms with E-state index in [1.165, 1.54) is 0 Å². The predicted octanol–water partition coefficient (Wildman–Crippen LogP) is 5.59. The lowest BCUT2D eigenvalue weighted by atomic mass is 10.0. The van der Waals surface area contributed by atoms with Crippen molar-refractivity contribution in [3.63, 3.8) is 0 Å². The topological polar surface area (TPSA) is 170 Å². The van der Waals surface area contributed by atoms with Gasteiger partial charge in [0.15, 0.2) is 0 Å². The van der Waals surface area contributed by atoms with Gasteiger partial charge in [-0.15, -0.1) is 20.4 Å². The van der Waals surface area contributed by atoms with Crippen LogP contribution < -0.4 is 11.5 Å². The van der Waals surface area contributed by atoms with Crippen molar-refractivity contribution in [3.8, 4) is 56.5 Å². The van der Waals surface area contributed by atoms with Gasteiger partial charge in [-0.05, 0) is 65.1 Å². The van der Waals surface area contributed by atoms with Gasteiger partial charge in [0, 0.05) is 22.3 Å². The lowest BCUT2D eigenvalue weighted by Crippen LogP contribution is -2.02. The molecule has 0 unspecified atom stereocenters. The number of rotatable bonds is 4. The molecule has 6 rings (SSSR count). The fraction of sp³-hybridized carbons (Fsp3) is 0. The molecule has 6 aromatic rings. The van der Waals surface area contributed by atoms with Crippen LogP contribution in [-0.4, -0.2) is 40.6 Å². The molecule has 0 aliphatic heterocycles. The van der Waals surface area contributed by atoms with Gasteiger partial charge in [0.2, 0.25) is 11.9 Å². The van der Waals surface area contributed by atoms with Crippen LogP contribution in [-0.2, 0) is 0 Å². The summed E-state index contributed by atoms with van der Waals surface area (Å²) in [6, 6.07) is 31.3. The highest BCUT2D eigenvalue weighted by Crippen LogP contribution is 2.32. The summed E-state index contributed by atoms with van der Waals surface area (Å²) in [5.74, 6) is 0.695. The van der Waals surface area contributed by atoms with Crippen LogP contribution in [0.3, 0.4) is 0 Å². The Bertz CT molecular complexity index is 1790. The predicted molar refractivity (Wildman–Crippen MR) is 166 cm³/mol. The number of hydrogen-bond donors (Lipinski definition) is 4. The lowest BCUT2D eigenvalue weighted by Gasteiger charge is -2.09. The molecular formula is C30H23IN8O2. The van der Waals surface area contributed by atoms with Gasteiger partial charge in [-0.1, -0.05) is 60.7 Å². The normalized spacial score (nSPS) is 10.5. The minimum Gasteiger partial charge on any atom is -0.508 e. The molecule has 6 N–H and O–H groups in total. The first-order valence-electron chi connectivity index (χ1n) is 12.3. The minimum atomic E-state index is 0.131. The Morgan fingerprint density at radius 3 is 1.41 bits per heavy atom. The monoisotopic (exact) mass is 654 g/mol. The van der Waals surface area contributed by atoms with Crippen molar-refractivity contribution in [3.05, 3.63) is 107 Å². The minimum absolute atomic E-state index is 0.131. The van der Waals surface area contributed by atoms with Crippen LogP contribution >= 0.6 is 22.6 Å². The highest BCUT2D eigenvalue weighted by atomic mass is 127. The highest BCUT2D eigenvalue weighted by Gasteiger charge is 2.14. The van der Waals surface area contributed by atoms with E-state index in [1.54, 1.807) is 36.4 Å². The number of aromatic hydroxyl groups is 2. The first-order valence-corrected chi connectivity index (χ1v) is 13.4. The summed E-state index contributed by atoms with van der Waals surface area (Å²) in [5, 5.41) is 35.0. The third-order valence-corrected chi connectivity index (χ3v) is 6.73. The van der Waals surface area contributed by atoms with Crippen molar-refractivity contribution in [1.82, 2.24) is 30.4 Å². The second kappa shape index (κ2) is 12.3. The summed E-state index contributed by atoms with van der Waals surface area (Å²) in [5.41, 5.74) is 17.4. The molecular weight excluding hydrogens is 631 g/mol. The largest absolute Gasteiger partial charge is 0.508 e. The molecule has 202 valence electrons. The maximum atomic E-state index is 9.64.